The molecule has 6 heteroatoms. The first-order valence-electron chi connectivity index (χ1n) is 6.85. The molecule has 0 saturated heterocycles. The highest BCUT2D eigenvalue weighted by atomic mass is 32.1. The number of hydrogen-bond donors (Lipinski definition) is 1. The molecule has 1 N–H and O–H groups in total. The Labute approximate surface area is 121 Å². The van der Waals surface area contributed by atoms with Crippen LogP contribution >= 0.6 is 11.3 Å². The van der Waals surface area contributed by atoms with Gasteiger partial charge in [0, 0.05) is 43.0 Å². The highest BCUT2D eigenvalue weighted by Crippen LogP contribution is 2.19. The first kappa shape index (κ1) is 13.5. The van der Waals surface area contributed by atoms with Crippen LogP contribution in [-0.4, -0.2) is 26.4 Å². The van der Waals surface area contributed by atoms with Crippen molar-refractivity contribution < 1.29 is 0 Å². The standard InChI is InChI=1S/C14H18N4OS/c1-9(2)13-16-12-3-4-18(6-10-5-15-8-20-10)7-11(12)14(19)17-13/h5,8-9H,3-4,6-7H2,1-2H3,(H,16,17,19). The largest absolute Gasteiger partial charge is 0.310 e. The van der Waals surface area contributed by atoms with Crippen LogP contribution < -0.4 is 5.56 Å². The van der Waals surface area contributed by atoms with Gasteiger partial charge in [0.25, 0.3) is 5.56 Å². The molecule has 0 spiro atoms. The molecule has 106 valence electrons. The normalized spacial score (nSPS) is 15.6. The van der Waals surface area contributed by atoms with E-state index in [0.29, 0.717) is 6.54 Å². The molecular weight excluding hydrogens is 272 g/mol. The van der Waals surface area contributed by atoms with Gasteiger partial charge in [-0.2, -0.15) is 0 Å². The first-order chi connectivity index (χ1) is 9.63. The molecule has 0 saturated carbocycles. The average molecular weight is 290 g/mol. The number of thiazole rings is 1. The number of nitrogens with one attached hydrogen (secondary N) is 1. The van der Waals surface area contributed by atoms with Crippen LogP contribution in [0.5, 0.6) is 0 Å². The third kappa shape index (κ3) is 2.66. The van der Waals surface area contributed by atoms with Gasteiger partial charge >= 0.3 is 0 Å². The lowest BCUT2D eigenvalue weighted by atomic mass is 10.1. The minimum atomic E-state index is 0.0210. The highest BCUT2D eigenvalue weighted by molar-refractivity contribution is 7.09. The Kier molecular flexibility index (Phi) is 3.67. The van der Waals surface area contributed by atoms with E-state index in [1.54, 1.807) is 11.3 Å². The zero-order chi connectivity index (χ0) is 14.1. The minimum Gasteiger partial charge on any atom is -0.310 e. The lowest BCUT2D eigenvalue weighted by Gasteiger charge is -2.27. The van der Waals surface area contributed by atoms with Gasteiger partial charge in [0.1, 0.15) is 5.82 Å². The van der Waals surface area contributed by atoms with E-state index in [2.05, 4.69) is 19.9 Å². The zero-order valence-electron chi connectivity index (χ0n) is 11.7. The second kappa shape index (κ2) is 5.46. The fourth-order valence-electron chi connectivity index (χ4n) is 2.45. The molecule has 0 aromatic carbocycles. The van der Waals surface area contributed by atoms with Gasteiger partial charge in [-0.3, -0.25) is 14.7 Å². The van der Waals surface area contributed by atoms with Gasteiger partial charge < -0.3 is 4.98 Å². The van der Waals surface area contributed by atoms with E-state index in [1.807, 2.05) is 25.6 Å². The molecule has 0 bridgehead atoms. The summed E-state index contributed by atoms with van der Waals surface area (Å²) in [6.07, 6.45) is 2.74. The number of aromatic nitrogens is 3. The van der Waals surface area contributed by atoms with Gasteiger partial charge in [-0.25, -0.2) is 4.98 Å². The summed E-state index contributed by atoms with van der Waals surface area (Å²) in [5.74, 6) is 1.05. The van der Waals surface area contributed by atoms with Gasteiger partial charge in [0.15, 0.2) is 0 Å². The maximum atomic E-state index is 12.2. The molecule has 0 amide bonds. The van der Waals surface area contributed by atoms with Crippen LogP contribution in [0.3, 0.4) is 0 Å². The molecule has 3 heterocycles. The van der Waals surface area contributed by atoms with Crippen molar-refractivity contribution in [2.75, 3.05) is 6.54 Å². The second-order valence-electron chi connectivity index (χ2n) is 5.46. The van der Waals surface area contributed by atoms with Crippen LogP contribution in [0.1, 0.15) is 41.7 Å². The van der Waals surface area contributed by atoms with Crippen molar-refractivity contribution in [1.29, 1.82) is 0 Å². The van der Waals surface area contributed by atoms with Crippen molar-refractivity contribution in [3.63, 3.8) is 0 Å². The summed E-state index contributed by atoms with van der Waals surface area (Å²) in [6.45, 7) is 6.56. The molecular formula is C14H18N4OS. The highest BCUT2D eigenvalue weighted by Gasteiger charge is 2.21. The quantitative estimate of drug-likeness (QED) is 0.938. The van der Waals surface area contributed by atoms with Crippen molar-refractivity contribution in [2.45, 2.75) is 39.3 Å². The molecule has 20 heavy (non-hydrogen) atoms. The van der Waals surface area contributed by atoms with E-state index in [-0.39, 0.29) is 11.5 Å². The van der Waals surface area contributed by atoms with Gasteiger partial charge in [-0.05, 0) is 0 Å². The van der Waals surface area contributed by atoms with Gasteiger partial charge in [0.2, 0.25) is 0 Å². The van der Waals surface area contributed by atoms with Crippen LogP contribution in [0, 0.1) is 0 Å². The van der Waals surface area contributed by atoms with Crippen molar-refractivity contribution in [1.82, 2.24) is 19.9 Å². The Morgan fingerprint density at radius 3 is 3.05 bits per heavy atom. The molecule has 0 fully saturated rings. The summed E-state index contributed by atoms with van der Waals surface area (Å²) in [7, 11) is 0. The summed E-state index contributed by atoms with van der Waals surface area (Å²) < 4.78 is 0. The molecule has 2 aromatic rings. The zero-order valence-corrected chi connectivity index (χ0v) is 12.5. The number of hydrogen-bond acceptors (Lipinski definition) is 5. The number of aromatic amines is 1. The van der Waals surface area contributed by atoms with Crippen LogP contribution in [0.2, 0.25) is 0 Å². The summed E-state index contributed by atoms with van der Waals surface area (Å²) in [5, 5.41) is 0. The van der Waals surface area contributed by atoms with Crippen LogP contribution in [0.4, 0.5) is 0 Å². The van der Waals surface area contributed by atoms with Crippen LogP contribution in [-0.2, 0) is 19.5 Å². The van der Waals surface area contributed by atoms with E-state index >= 15 is 0 Å². The number of fused-ring (bicyclic) bond motifs is 1. The molecule has 0 unspecified atom stereocenters. The van der Waals surface area contributed by atoms with Gasteiger partial charge in [-0.1, -0.05) is 13.8 Å². The molecule has 0 atom stereocenters. The first-order valence-corrected chi connectivity index (χ1v) is 7.73. The van der Waals surface area contributed by atoms with Crippen LogP contribution in [0.15, 0.2) is 16.5 Å². The van der Waals surface area contributed by atoms with E-state index in [1.165, 1.54) is 4.88 Å². The lowest BCUT2D eigenvalue weighted by Crippen LogP contribution is -2.35. The molecule has 2 aromatic heterocycles. The van der Waals surface area contributed by atoms with Crippen molar-refractivity contribution in [3.05, 3.63) is 44.0 Å². The molecule has 0 radical (unpaired) electrons. The molecule has 1 aliphatic heterocycles. The predicted octanol–water partition coefficient (Wildman–Crippen LogP) is 1.91. The molecule has 1 aliphatic rings. The predicted molar refractivity (Wildman–Crippen MR) is 78.9 cm³/mol. The van der Waals surface area contributed by atoms with Crippen LogP contribution in [0.25, 0.3) is 0 Å². The minimum absolute atomic E-state index is 0.0210. The third-order valence-corrected chi connectivity index (χ3v) is 4.34. The fourth-order valence-corrected chi connectivity index (χ4v) is 3.09. The Hall–Kier alpha value is -1.53. The van der Waals surface area contributed by atoms with E-state index < -0.39 is 0 Å². The number of nitrogens with zero attached hydrogens (tertiary/aromatic N) is 3. The summed E-state index contributed by atoms with van der Waals surface area (Å²) >= 11 is 1.65. The SMILES string of the molecule is CC(C)c1nc2c(c(=O)[nH]1)CN(Cc1cncs1)CC2. The summed E-state index contributed by atoms with van der Waals surface area (Å²) in [5.41, 5.74) is 3.66. The summed E-state index contributed by atoms with van der Waals surface area (Å²) in [4.78, 5) is 27.3. The monoisotopic (exact) mass is 290 g/mol. The Morgan fingerprint density at radius 1 is 1.50 bits per heavy atom. The Morgan fingerprint density at radius 2 is 2.35 bits per heavy atom. The van der Waals surface area contributed by atoms with E-state index in [9.17, 15) is 4.79 Å². The van der Waals surface area contributed by atoms with Gasteiger partial charge in [-0.15, -0.1) is 11.3 Å². The maximum Gasteiger partial charge on any atom is 0.255 e. The Balaban J connectivity index is 1.83. The molecule has 3 rings (SSSR count). The van der Waals surface area contributed by atoms with Crippen molar-refractivity contribution >= 4 is 11.3 Å². The van der Waals surface area contributed by atoms with Crippen molar-refractivity contribution in [3.8, 4) is 0 Å². The summed E-state index contributed by atoms with van der Waals surface area (Å²) in [6, 6.07) is 0. The van der Waals surface area contributed by atoms with Gasteiger partial charge in [0.05, 0.1) is 16.8 Å². The lowest BCUT2D eigenvalue weighted by molar-refractivity contribution is 0.243. The topological polar surface area (TPSA) is 61.9 Å². The smallest absolute Gasteiger partial charge is 0.255 e. The second-order valence-corrected chi connectivity index (χ2v) is 6.43. The fraction of sp³-hybridized carbons (Fsp3) is 0.500. The average Bonchev–Trinajstić information content (AvgIpc) is 2.92. The van der Waals surface area contributed by atoms with E-state index in [0.717, 1.165) is 36.6 Å². The molecule has 0 aliphatic carbocycles. The van der Waals surface area contributed by atoms with E-state index in [4.69, 9.17) is 0 Å². The maximum absolute atomic E-state index is 12.2. The number of H-pyrrole nitrogens is 1. The molecule has 5 nitrogen and oxygen atoms in total. The third-order valence-electron chi connectivity index (χ3n) is 3.58. The Bertz CT molecular complexity index is 648. The van der Waals surface area contributed by atoms with Crippen molar-refractivity contribution in [2.24, 2.45) is 0 Å². The number of rotatable bonds is 3.